The summed E-state index contributed by atoms with van der Waals surface area (Å²) in [6.07, 6.45) is 6.25. The molecule has 0 N–H and O–H groups in total. The fourth-order valence-corrected chi connectivity index (χ4v) is 4.98. The highest BCUT2D eigenvalue weighted by Gasteiger charge is 2.14. The Balaban J connectivity index is 1.66. The minimum atomic E-state index is -3.77. The van der Waals surface area contributed by atoms with Crippen LogP contribution in [-0.2, 0) is 66.4 Å². The van der Waals surface area contributed by atoms with E-state index in [1.165, 1.54) is 37.8 Å². The average molecular weight is 755 g/mol. The molecule has 0 unspecified atom stereocenters. The first-order valence-corrected chi connectivity index (χ1v) is 19.8. The quantitative estimate of drug-likeness (QED) is 0.0705. The fourth-order valence-electron chi connectivity index (χ4n) is 4.08. The van der Waals surface area contributed by atoms with E-state index in [1.54, 1.807) is 12.1 Å². The molecule has 0 amide bonds. The van der Waals surface area contributed by atoms with Gasteiger partial charge in [0.25, 0.3) is 10.1 Å². The minimum absolute atomic E-state index is 0.0586. The van der Waals surface area contributed by atoms with Gasteiger partial charge in [-0.15, -0.1) is 0 Å². The molecule has 51 heavy (non-hydrogen) atoms. The summed E-state index contributed by atoms with van der Waals surface area (Å²) in [4.78, 5) is 0.129. The zero-order chi connectivity index (χ0) is 36.8. The van der Waals surface area contributed by atoms with E-state index in [2.05, 4.69) is 6.92 Å². The van der Waals surface area contributed by atoms with E-state index in [0.717, 1.165) is 18.6 Å². The lowest BCUT2D eigenvalue weighted by atomic mass is 10.2. The van der Waals surface area contributed by atoms with Crippen molar-refractivity contribution in [3.05, 3.63) is 29.8 Å². The van der Waals surface area contributed by atoms with Gasteiger partial charge in [0, 0.05) is 6.61 Å². The van der Waals surface area contributed by atoms with Crippen LogP contribution in [0.4, 0.5) is 0 Å². The van der Waals surface area contributed by atoms with Crippen molar-refractivity contribution in [1.29, 1.82) is 0 Å². The highest BCUT2D eigenvalue weighted by molar-refractivity contribution is 7.86. The van der Waals surface area contributed by atoms with E-state index < -0.39 is 10.1 Å². The lowest BCUT2D eigenvalue weighted by Gasteiger charge is -2.09. The Bertz CT molecular complexity index is 952. The van der Waals surface area contributed by atoms with Gasteiger partial charge in [0.15, 0.2) is 0 Å². The van der Waals surface area contributed by atoms with Crippen molar-refractivity contribution in [2.75, 3.05) is 152 Å². The fraction of sp³-hybridized carbons (Fsp3) is 0.833. The Labute approximate surface area is 307 Å². The molecule has 0 saturated carbocycles. The highest BCUT2D eigenvalue weighted by Crippen LogP contribution is 2.13. The van der Waals surface area contributed by atoms with Gasteiger partial charge in [-0.25, -0.2) is 0 Å². The van der Waals surface area contributed by atoms with Crippen LogP contribution in [0, 0.1) is 6.92 Å². The zero-order valence-electron chi connectivity index (χ0n) is 31.2. The predicted octanol–water partition coefficient (Wildman–Crippen LogP) is 3.85. The van der Waals surface area contributed by atoms with Crippen molar-refractivity contribution in [3.8, 4) is 0 Å². The van der Waals surface area contributed by atoms with E-state index in [9.17, 15) is 8.42 Å². The molecule has 0 heterocycles. The van der Waals surface area contributed by atoms with Gasteiger partial charge in [0.05, 0.1) is 150 Å². The molecule has 0 spiro atoms. The third-order valence-electron chi connectivity index (χ3n) is 6.89. The summed E-state index contributed by atoms with van der Waals surface area (Å²) in [7, 11) is -3.77. The van der Waals surface area contributed by atoms with E-state index in [-0.39, 0.29) is 18.1 Å². The van der Waals surface area contributed by atoms with Gasteiger partial charge >= 0.3 is 0 Å². The molecular formula is C36H66O14S. The number of rotatable bonds is 41. The first kappa shape index (κ1) is 47.7. The Hall–Kier alpha value is -1.31. The SMILES string of the molecule is CCCCCCCOCCOCCOCCOCCOCCOCCOCCOCCOCCOCCOCCOS(=O)(=O)c1ccc(C)cc1. The van der Waals surface area contributed by atoms with Crippen LogP contribution in [0.25, 0.3) is 0 Å². The Morgan fingerprint density at radius 2 is 0.647 bits per heavy atom. The second-order valence-electron chi connectivity index (χ2n) is 11.2. The van der Waals surface area contributed by atoms with Crippen LogP contribution in [-0.4, -0.2) is 160 Å². The normalized spacial score (nSPS) is 11.9. The van der Waals surface area contributed by atoms with E-state index in [0.29, 0.717) is 132 Å². The molecule has 0 aliphatic carbocycles. The van der Waals surface area contributed by atoms with Crippen LogP contribution in [0.1, 0.15) is 44.6 Å². The predicted molar refractivity (Wildman–Crippen MR) is 192 cm³/mol. The third-order valence-corrected chi connectivity index (χ3v) is 8.21. The molecule has 0 aromatic heterocycles. The molecule has 0 fully saturated rings. The largest absolute Gasteiger partial charge is 0.379 e. The molecule has 14 nitrogen and oxygen atoms in total. The molecule has 1 aromatic rings. The van der Waals surface area contributed by atoms with E-state index in [1.807, 2.05) is 6.92 Å². The molecule has 15 heteroatoms. The number of aryl methyl sites for hydroxylation is 1. The van der Waals surface area contributed by atoms with Gasteiger partial charge in [0.1, 0.15) is 0 Å². The molecule has 300 valence electrons. The van der Waals surface area contributed by atoms with Gasteiger partial charge in [-0.2, -0.15) is 8.42 Å². The number of unbranched alkanes of at least 4 members (excludes halogenated alkanes) is 4. The first-order chi connectivity index (χ1) is 25.1. The highest BCUT2D eigenvalue weighted by atomic mass is 32.2. The Morgan fingerprint density at radius 1 is 0.373 bits per heavy atom. The number of ether oxygens (including phenoxy) is 11. The van der Waals surface area contributed by atoms with Crippen LogP contribution >= 0.6 is 0 Å². The average Bonchev–Trinajstić information content (AvgIpc) is 3.12. The van der Waals surface area contributed by atoms with Crippen LogP contribution in [0.5, 0.6) is 0 Å². The summed E-state index contributed by atoms with van der Waals surface area (Å²) >= 11 is 0. The summed E-state index contributed by atoms with van der Waals surface area (Å²) in [6, 6.07) is 6.49. The van der Waals surface area contributed by atoms with Crippen LogP contribution in [0.15, 0.2) is 29.2 Å². The number of hydrogen-bond donors (Lipinski definition) is 0. The number of hydrogen-bond acceptors (Lipinski definition) is 14. The molecule has 0 aliphatic rings. The van der Waals surface area contributed by atoms with Crippen LogP contribution in [0.2, 0.25) is 0 Å². The lowest BCUT2D eigenvalue weighted by molar-refractivity contribution is -0.0277. The smallest absolute Gasteiger partial charge is 0.297 e. The van der Waals surface area contributed by atoms with Gasteiger partial charge in [0.2, 0.25) is 0 Å². The summed E-state index contributed by atoms with van der Waals surface area (Å²) < 4.78 is 89.3. The maximum absolute atomic E-state index is 12.1. The van der Waals surface area contributed by atoms with E-state index in [4.69, 9.17) is 56.3 Å². The van der Waals surface area contributed by atoms with Crippen molar-refractivity contribution in [2.24, 2.45) is 0 Å². The first-order valence-electron chi connectivity index (χ1n) is 18.4. The summed E-state index contributed by atoms with van der Waals surface area (Å²) in [6.45, 7) is 14.9. The third kappa shape index (κ3) is 33.0. The van der Waals surface area contributed by atoms with Gasteiger partial charge in [-0.05, 0) is 25.5 Å². The van der Waals surface area contributed by atoms with Crippen molar-refractivity contribution < 1.29 is 64.7 Å². The Kier molecular flexibility index (Phi) is 34.6. The van der Waals surface area contributed by atoms with Crippen molar-refractivity contribution in [3.63, 3.8) is 0 Å². The minimum Gasteiger partial charge on any atom is -0.379 e. The Morgan fingerprint density at radius 3 is 0.961 bits per heavy atom. The zero-order valence-corrected chi connectivity index (χ0v) is 32.0. The lowest BCUT2D eigenvalue weighted by Crippen LogP contribution is -2.16. The molecule has 0 atom stereocenters. The summed E-state index contributed by atoms with van der Waals surface area (Å²) in [5, 5.41) is 0. The van der Waals surface area contributed by atoms with Gasteiger partial charge < -0.3 is 52.1 Å². The van der Waals surface area contributed by atoms with Gasteiger partial charge in [-0.3, -0.25) is 4.18 Å². The van der Waals surface area contributed by atoms with Crippen LogP contribution < -0.4 is 0 Å². The van der Waals surface area contributed by atoms with Crippen molar-refractivity contribution in [2.45, 2.75) is 50.8 Å². The van der Waals surface area contributed by atoms with E-state index >= 15 is 0 Å². The molecular weight excluding hydrogens is 688 g/mol. The standard InChI is InChI=1S/C36H66O14S/c1-3-4-5-6-7-12-39-13-14-40-15-16-41-17-18-42-19-20-43-21-22-44-23-24-45-25-26-46-27-28-47-29-30-48-31-32-49-33-34-50-51(37,38)36-10-8-35(2)9-11-36/h8-11H,3-7,12-34H2,1-2H3. The van der Waals surface area contributed by atoms with Gasteiger partial charge in [-0.1, -0.05) is 50.3 Å². The molecule has 0 aliphatic heterocycles. The monoisotopic (exact) mass is 754 g/mol. The number of benzene rings is 1. The second-order valence-corrected chi connectivity index (χ2v) is 12.9. The summed E-state index contributed by atoms with van der Waals surface area (Å²) in [5.41, 5.74) is 0.976. The summed E-state index contributed by atoms with van der Waals surface area (Å²) in [5.74, 6) is 0. The molecule has 1 rings (SSSR count). The van der Waals surface area contributed by atoms with Crippen molar-refractivity contribution >= 4 is 10.1 Å². The maximum Gasteiger partial charge on any atom is 0.297 e. The second kappa shape index (κ2) is 37.0. The maximum atomic E-state index is 12.1. The van der Waals surface area contributed by atoms with Crippen molar-refractivity contribution in [1.82, 2.24) is 0 Å². The van der Waals surface area contributed by atoms with Crippen LogP contribution in [0.3, 0.4) is 0 Å². The topological polar surface area (TPSA) is 145 Å². The molecule has 0 radical (unpaired) electrons. The molecule has 0 saturated heterocycles. The molecule has 1 aromatic carbocycles. The molecule has 0 bridgehead atoms.